The second-order valence-electron chi connectivity index (χ2n) is 4.19. The highest BCUT2D eigenvalue weighted by molar-refractivity contribution is 9.10. The first-order valence-electron chi connectivity index (χ1n) is 5.38. The van der Waals surface area contributed by atoms with Crippen LogP contribution in [-0.4, -0.2) is 0 Å². The van der Waals surface area contributed by atoms with E-state index in [4.69, 9.17) is 0 Å². The molecule has 1 heterocycles. The first kappa shape index (κ1) is 11.8. The summed E-state index contributed by atoms with van der Waals surface area (Å²) in [7, 11) is 0. The summed E-state index contributed by atoms with van der Waals surface area (Å²) in [5.74, 6) is -0.343. The zero-order valence-electron chi connectivity index (χ0n) is 9.46. The Labute approximate surface area is 115 Å². The summed E-state index contributed by atoms with van der Waals surface area (Å²) in [5, 5.41) is 1.26. The van der Waals surface area contributed by atoms with Crippen LogP contribution in [0.15, 0.2) is 39.6 Å². The van der Waals surface area contributed by atoms with Gasteiger partial charge in [0.15, 0.2) is 5.43 Å². The number of halogens is 2. The van der Waals surface area contributed by atoms with Crippen molar-refractivity contribution >= 4 is 47.4 Å². The molecule has 1 aromatic heterocycles. The lowest BCUT2D eigenvalue weighted by molar-refractivity contribution is 0.623. The first-order chi connectivity index (χ1) is 8.56. The summed E-state index contributed by atoms with van der Waals surface area (Å²) in [6.45, 7) is 1.95. The molecular weight excluding hydrogens is 315 g/mol. The molecule has 0 unspecified atom stereocenters. The SMILES string of the molecule is Cc1ccc2sc3cc(F)c(Br)cc3c(=O)c2c1. The predicted octanol–water partition coefficient (Wildman–Crippen LogP) is 4.62. The number of rotatable bonds is 0. The summed E-state index contributed by atoms with van der Waals surface area (Å²) >= 11 is 4.56. The van der Waals surface area contributed by atoms with Gasteiger partial charge >= 0.3 is 0 Å². The van der Waals surface area contributed by atoms with Crippen LogP contribution in [0.3, 0.4) is 0 Å². The molecule has 2 aromatic carbocycles. The van der Waals surface area contributed by atoms with Crippen LogP contribution in [0.5, 0.6) is 0 Å². The molecular formula is C14H8BrFOS. The van der Waals surface area contributed by atoms with Crippen molar-refractivity contribution in [3.8, 4) is 0 Å². The van der Waals surface area contributed by atoms with E-state index in [9.17, 15) is 9.18 Å². The second kappa shape index (κ2) is 4.14. The maximum absolute atomic E-state index is 13.5. The fourth-order valence-electron chi connectivity index (χ4n) is 1.96. The third kappa shape index (κ3) is 1.76. The molecule has 1 nitrogen and oxygen atoms in total. The number of hydrogen-bond acceptors (Lipinski definition) is 2. The number of benzene rings is 2. The Balaban J connectivity index is 2.57. The average Bonchev–Trinajstić information content (AvgIpc) is 2.33. The topological polar surface area (TPSA) is 17.1 Å². The molecule has 0 saturated heterocycles. The summed E-state index contributed by atoms with van der Waals surface area (Å²) < 4.78 is 15.4. The van der Waals surface area contributed by atoms with Crippen LogP contribution in [0.25, 0.3) is 20.2 Å². The van der Waals surface area contributed by atoms with Crippen molar-refractivity contribution in [3.05, 3.63) is 56.4 Å². The van der Waals surface area contributed by atoms with Crippen LogP contribution < -0.4 is 5.43 Å². The highest BCUT2D eigenvalue weighted by Gasteiger charge is 2.09. The van der Waals surface area contributed by atoms with Crippen molar-refractivity contribution in [3.63, 3.8) is 0 Å². The monoisotopic (exact) mass is 322 g/mol. The Bertz CT molecular complexity index is 838. The van der Waals surface area contributed by atoms with Gasteiger partial charge in [-0.1, -0.05) is 11.6 Å². The van der Waals surface area contributed by atoms with Crippen LogP contribution in [0.4, 0.5) is 4.39 Å². The minimum absolute atomic E-state index is 0.0387. The van der Waals surface area contributed by atoms with Gasteiger partial charge in [0.25, 0.3) is 0 Å². The molecule has 0 spiro atoms. The van der Waals surface area contributed by atoms with Crippen LogP contribution in [-0.2, 0) is 0 Å². The summed E-state index contributed by atoms with van der Waals surface area (Å²) in [6.07, 6.45) is 0. The maximum atomic E-state index is 13.5. The van der Waals surface area contributed by atoms with Crippen LogP contribution in [0, 0.1) is 12.7 Å². The van der Waals surface area contributed by atoms with Crippen molar-refractivity contribution in [1.82, 2.24) is 0 Å². The predicted molar refractivity (Wildman–Crippen MR) is 78.0 cm³/mol. The smallest absolute Gasteiger partial charge is 0.195 e. The van der Waals surface area contributed by atoms with Gasteiger partial charge in [-0.25, -0.2) is 4.39 Å². The standard InChI is InChI=1S/C14H8BrFOS/c1-7-2-3-12-8(4-7)14(17)9-5-10(15)11(16)6-13(9)18-12/h2-6H,1H3. The van der Waals surface area contributed by atoms with E-state index in [1.54, 1.807) is 6.07 Å². The fraction of sp³-hybridized carbons (Fsp3) is 0.0714. The lowest BCUT2D eigenvalue weighted by atomic mass is 10.1. The van der Waals surface area contributed by atoms with Crippen molar-refractivity contribution in [2.45, 2.75) is 6.92 Å². The molecule has 0 radical (unpaired) electrons. The molecule has 0 fully saturated rings. The highest BCUT2D eigenvalue weighted by Crippen LogP contribution is 2.28. The van der Waals surface area contributed by atoms with E-state index in [-0.39, 0.29) is 11.2 Å². The van der Waals surface area contributed by atoms with Crippen LogP contribution in [0.2, 0.25) is 0 Å². The molecule has 4 heteroatoms. The molecule has 18 heavy (non-hydrogen) atoms. The molecule has 0 amide bonds. The second-order valence-corrected chi connectivity index (χ2v) is 6.13. The van der Waals surface area contributed by atoms with Crippen molar-refractivity contribution < 1.29 is 4.39 Å². The summed E-state index contributed by atoms with van der Waals surface area (Å²) in [5.41, 5.74) is 1.01. The molecule has 3 rings (SSSR count). The molecule has 0 aliphatic rings. The van der Waals surface area contributed by atoms with E-state index in [1.165, 1.54) is 17.4 Å². The van der Waals surface area contributed by atoms with Gasteiger partial charge in [0.05, 0.1) is 4.47 Å². The van der Waals surface area contributed by atoms with Gasteiger partial charge < -0.3 is 0 Å². The van der Waals surface area contributed by atoms with E-state index >= 15 is 0 Å². The molecule has 0 aliphatic carbocycles. The average molecular weight is 323 g/mol. The molecule has 90 valence electrons. The third-order valence-electron chi connectivity index (χ3n) is 2.87. The zero-order chi connectivity index (χ0) is 12.9. The van der Waals surface area contributed by atoms with Crippen molar-refractivity contribution in [2.75, 3.05) is 0 Å². The van der Waals surface area contributed by atoms with Crippen LogP contribution in [0.1, 0.15) is 5.56 Å². The fourth-order valence-corrected chi connectivity index (χ4v) is 3.37. The summed E-state index contributed by atoms with van der Waals surface area (Å²) in [6, 6.07) is 8.72. The van der Waals surface area contributed by atoms with E-state index < -0.39 is 0 Å². The van der Waals surface area contributed by atoms with E-state index in [1.807, 2.05) is 25.1 Å². The number of aryl methyl sites for hydroxylation is 1. The van der Waals surface area contributed by atoms with Gasteiger partial charge in [-0.3, -0.25) is 4.79 Å². The first-order valence-corrected chi connectivity index (χ1v) is 6.99. The van der Waals surface area contributed by atoms with E-state index in [0.717, 1.165) is 10.3 Å². The highest BCUT2D eigenvalue weighted by atomic mass is 79.9. The Morgan fingerprint density at radius 3 is 2.61 bits per heavy atom. The molecule has 3 aromatic rings. The van der Waals surface area contributed by atoms with Crippen molar-refractivity contribution in [2.24, 2.45) is 0 Å². The van der Waals surface area contributed by atoms with E-state index in [2.05, 4.69) is 15.9 Å². The number of fused-ring (bicyclic) bond motifs is 2. The molecule has 0 saturated carbocycles. The zero-order valence-corrected chi connectivity index (χ0v) is 11.9. The minimum atomic E-state index is -0.343. The quantitative estimate of drug-likeness (QED) is 0.552. The Kier molecular flexibility index (Phi) is 2.72. The Morgan fingerprint density at radius 1 is 1.11 bits per heavy atom. The van der Waals surface area contributed by atoms with Gasteiger partial charge in [0, 0.05) is 20.2 Å². The van der Waals surface area contributed by atoms with Crippen molar-refractivity contribution in [1.29, 1.82) is 0 Å². The largest absolute Gasteiger partial charge is 0.289 e. The van der Waals surface area contributed by atoms with Gasteiger partial charge in [0.2, 0.25) is 0 Å². The molecule has 0 bridgehead atoms. The van der Waals surface area contributed by atoms with Gasteiger partial charge in [0.1, 0.15) is 5.82 Å². The summed E-state index contributed by atoms with van der Waals surface area (Å²) in [4.78, 5) is 12.4. The lowest BCUT2D eigenvalue weighted by Gasteiger charge is -2.03. The minimum Gasteiger partial charge on any atom is -0.289 e. The normalized spacial score (nSPS) is 11.3. The molecule has 0 aliphatic heterocycles. The maximum Gasteiger partial charge on any atom is 0.195 e. The Morgan fingerprint density at radius 2 is 1.83 bits per heavy atom. The van der Waals surface area contributed by atoms with Crippen LogP contribution >= 0.6 is 27.3 Å². The van der Waals surface area contributed by atoms with Gasteiger partial charge in [-0.05, 0) is 47.1 Å². The van der Waals surface area contributed by atoms with Gasteiger partial charge in [-0.15, -0.1) is 11.3 Å². The Hall–Kier alpha value is -1.26. The van der Waals surface area contributed by atoms with Gasteiger partial charge in [-0.2, -0.15) is 0 Å². The molecule has 0 atom stereocenters. The lowest BCUT2D eigenvalue weighted by Crippen LogP contribution is -2.01. The third-order valence-corrected chi connectivity index (χ3v) is 4.61. The molecule has 0 N–H and O–H groups in total. The van der Waals surface area contributed by atoms with E-state index in [0.29, 0.717) is 19.9 Å². The number of hydrogen-bond donors (Lipinski definition) is 0.